The van der Waals surface area contributed by atoms with Crippen molar-refractivity contribution in [1.29, 1.82) is 0 Å². The van der Waals surface area contributed by atoms with Crippen LogP contribution in [0.4, 0.5) is 0 Å². The predicted molar refractivity (Wildman–Crippen MR) is 61.8 cm³/mol. The number of rotatable bonds is 4. The van der Waals surface area contributed by atoms with Crippen molar-refractivity contribution in [2.75, 3.05) is 0 Å². The van der Waals surface area contributed by atoms with Crippen molar-refractivity contribution in [2.45, 2.75) is 59.3 Å². The molecular weight excluding hydrogens is 188 g/mol. The van der Waals surface area contributed by atoms with Gasteiger partial charge in [-0.1, -0.05) is 27.2 Å². The molecule has 1 N–H and O–H groups in total. The minimum absolute atomic E-state index is 0.340. The summed E-state index contributed by atoms with van der Waals surface area (Å²) in [6, 6.07) is 0. The zero-order valence-electron chi connectivity index (χ0n) is 10.3. The normalized spacial score (nSPS) is 30.1. The van der Waals surface area contributed by atoms with Crippen LogP contribution in [-0.2, 0) is 4.79 Å². The molecule has 0 aromatic carbocycles. The average molecular weight is 212 g/mol. The topological polar surface area (TPSA) is 37.3 Å². The molecule has 0 aromatic heterocycles. The smallest absolute Gasteiger partial charge is 0.303 e. The van der Waals surface area contributed by atoms with Crippen LogP contribution in [0.3, 0.4) is 0 Å². The molecule has 0 spiro atoms. The number of carboxylic acid groups (broad SMARTS) is 1. The van der Waals surface area contributed by atoms with E-state index < -0.39 is 5.97 Å². The Labute approximate surface area is 93.1 Å². The van der Waals surface area contributed by atoms with Gasteiger partial charge in [0.2, 0.25) is 0 Å². The Bertz CT molecular complexity index is 221. The molecule has 2 heteroatoms. The summed E-state index contributed by atoms with van der Waals surface area (Å²) < 4.78 is 0. The second-order valence-electron chi connectivity index (χ2n) is 5.82. The van der Waals surface area contributed by atoms with Crippen molar-refractivity contribution in [3.05, 3.63) is 0 Å². The Morgan fingerprint density at radius 3 is 2.60 bits per heavy atom. The summed E-state index contributed by atoms with van der Waals surface area (Å²) in [6.45, 7) is 7.04. The third kappa shape index (κ3) is 3.84. The number of carbonyl (C=O) groups is 1. The van der Waals surface area contributed by atoms with E-state index in [2.05, 4.69) is 20.8 Å². The Balaban J connectivity index is 2.30. The van der Waals surface area contributed by atoms with Crippen molar-refractivity contribution < 1.29 is 9.90 Å². The molecule has 0 aromatic rings. The van der Waals surface area contributed by atoms with E-state index in [1.54, 1.807) is 0 Å². The highest BCUT2D eigenvalue weighted by Crippen LogP contribution is 2.44. The third-order valence-corrected chi connectivity index (χ3v) is 4.16. The first kappa shape index (κ1) is 12.5. The minimum Gasteiger partial charge on any atom is -0.481 e. The molecule has 0 amide bonds. The summed E-state index contributed by atoms with van der Waals surface area (Å²) in [6.07, 6.45) is 6.17. The van der Waals surface area contributed by atoms with Crippen molar-refractivity contribution in [3.63, 3.8) is 0 Å². The van der Waals surface area contributed by atoms with E-state index in [1.165, 1.54) is 19.3 Å². The monoisotopic (exact) mass is 212 g/mol. The molecule has 2 nitrogen and oxygen atoms in total. The van der Waals surface area contributed by atoms with Crippen LogP contribution < -0.4 is 0 Å². The molecule has 0 unspecified atom stereocenters. The Hall–Kier alpha value is -0.530. The average Bonchev–Trinajstić information content (AvgIpc) is 2.10. The molecule has 1 fully saturated rings. The zero-order chi connectivity index (χ0) is 11.5. The second kappa shape index (κ2) is 5.00. The summed E-state index contributed by atoms with van der Waals surface area (Å²) >= 11 is 0. The molecule has 1 saturated carbocycles. The van der Waals surface area contributed by atoms with Gasteiger partial charge in [0.15, 0.2) is 0 Å². The van der Waals surface area contributed by atoms with Gasteiger partial charge in [0, 0.05) is 6.42 Å². The van der Waals surface area contributed by atoms with E-state index in [4.69, 9.17) is 5.11 Å². The van der Waals surface area contributed by atoms with E-state index in [9.17, 15) is 4.79 Å². The molecule has 0 saturated heterocycles. The molecular formula is C13H24O2. The van der Waals surface area contributed by atoms with Gasteiger partial charge in [-0.25, -0.2) is 0 Å². The molecule has 2 atom stereocenters. The predicted octanol–water partition coefficient (Wildman–Crippen LogP) is 3.70. The number of hydrogen-bond donors (Lipinski definition) is 1. The van der Waals surface area contributed by atoms with Crippen molar-refractivity contribution in [1.82, 2.24) is 0 Å². The lowest BCUT2D eigenvalue weighted by atomic mass is 9.65. The van der Waals surface area contributed by atoms with Crippen LogP contribution in [0.1, 0.15) is 59.3 Å². The first-order valence-electron chi connectivity index (χ1n) is 6.13. The van der Waals surface area contributed by atoms with E-state index in [1.807, 2.05) is 0 Å². The molecule has 15 heavy (non-hydrogen) atoms. The molecule has 1 rings (SSSR count). The van der Waals surface area contributed by atoms with Crippen LogP contribution in [0.25, 0.3) is 0 Å². The summed E-state index contributed by atoms with van der Waals surface area (Å²) in [7, 11) is 0. The molecule has 0 heterocycles. The maximum atomic E-state index is 10.4. The molecule has 0 bridgehead atoms. The van der Waals surface area contributed by atoms with E-state index in [-0.39, 0.29) is 0 Å². The van der Waals surface area contributed by atoms with Gasteiger partial charge < -0.3 is 5.11 Å². The molecule has 88 valence electrons. The van der Waals surface area contributed by atoms with Crippen LogP contribution in [0.5, 0.6) is 0 Å². The Kier molecular flexibility index (Phi) is 4.18. The number of aliphatic carboxylic acids is 1. The minimum atomic E-state index is -0.654. The van der Waals surface area contributed by atoms with Gasteiger partial charge in [0.1, 0.15) is 0 Å². The standard InChI is InChI=1S/C13H24O2/c1-10-7-8-11(9-13(10,2)3)5-4-6-12(14)15/h10-11H,4-9H2,1-3H3,(H,14,15)/t10-,11+/m0/s1. The summed E-state index contributed by atoms with van der Waals surface area (Å²) in [4.78, 5) is 10.4. The van der Waals surface area contributed by atoms with Crippen LogP contribution >= 0.6 is 0 Å². The lowest BCUT2D eigenvalue weighted by Crippen LogP contribution is -2.30. The molecule has 1 aliphatic rings. The second-order valence-corrected chi connectivity index (χ2v) is 5.82. The van der Waals surface area contributed by atoms with E-state index in [0.717, 1.165) is 24.7 Å². The van der Waals surface area contributed by atoms with Crippen LogP contribution in [0.15, 0.2) is 0 Å². The summed E-state index contributed by atoms with van der Waals surface area (Å²) in [5.74, 6) is 0.919. The Morgan fingerprint density at radius 2 is 2.07 bits per heavy atom. The van der Waals surface area contributed by atoms with Gasteiger partial charge >= 0.3 is 5.97 Å². The number of carboxylic acids is 1. The first-order valence-corrected chi connectivity index (χ1v) is 6.13. The zero-order valence-corrected chi connectivity index (χ0v) is 10.3. The number of hydrogen-bond acceptors (Lipinski definition) is 1. The van der Waals surface area contributed by atoms with Crippen LogP contribution in [0, 0.1) is 17.3 Å². The Morgan fingerprint density at radius 1 is 1.40 bits per heavy atom. The lowest BCUT2D eigenvalue weighted by Gasteiger charge is -2.41. The highest BCUT2D eigenvalue weighted by molar-refractivity contribution is 5.66. The van der Waals surface area contributed by atoms with Crippen molar-refractivity contribution >= 4 is 5.97 Å². The third-order valence-electron chi connectivity index (χ3n) is 4.16. The summed E-state index contributed by atoms with van der Waals surface area (Å²) in [5, 5.41) is 8.59. The van der Waals surface area contributed by atoms with Crippen molar-refractivity contribution in [3.8, 4) is 0 Å². The van der Waals surface area contributed by atoms with Gasteiger partial charge in [-0.3, -0.25) is 4.79 Å². The van der Waals surface area contributed by atoms with Gasteiger partial charge in [-0.05, 0) is 42.9 Å². The van der Waals surface area contributed by atoms with Gasteiger partial charge in [-0.2, -0.15) is 0 Å². The quantitative estimate of drug-likeness (QED) is 0.771. The van der Waals surface area contributed by atoms with Crippen LogP contribution in [-0.4, -0.2) is 11.1 Å². The summed E-state index contributed by atoms with van der Waals surface area (Å²) in [5.41, 5.74) is 0.451. The fourth-order valence-corrected chi connectivity index (χ4v) is 2.71. The SMILES string of the molecule is C[C@H]1CC[C@@H](CCCC(=O)O)CC1(C)C. The van der Waals surface area contributed by atoms with Crippen LogP contribution in [0.2, 0.25) is 0 Å². The van der Waals surface area contributed by atoms with E-state index in [0.29, 0.717) is 11.8 Å². The fourth-order valence-electron chi connectivity index (χ4n) is 2.71. The molecule has 0 aliphatic heterocycles. The van der Waals surface area contributed by atoms with E-state index >= 15 is 0 Å². The maximum Gasteiger partial charge on any atom is 0.303 e. The maximum absolute atomic E-state index is 10.4. The fraction of sp³-hybridized carbons (Fsp3) is 0.923. The highest BCUT2D eigenvalue weighted by Gasteiger charge is 2.33. The lowest BCUT2D eigenvalue weighted by molar-refractivity contribution is -0.137. The molecule has 0 radical (unpaired) electrons. The van der Waals surface area contributed by atoms with Gasteiger partial charge in [-0.15, -0.1) is 0 Å². The van der Waals surface area contributed by atoms with Gasteiger partial charge in [0.05, 0.1) is 0 Å². The van der Waals surface area contributed by atoms with Gasteiger partial charge in [0.25, 0.3) is 0 Å². The largest absolute Gasteiger partial charge is 0.481 e. The van der Waals surface area contributed by atoms with Crippen molar-refractivity contribution in [2.24, 2.45) is 17.3 Å². The molecule has 1 aliphatic carbocycles. The highest BCUT2D eigenvalue weighted by atomic mass is 16.4. The first-order chi connectivity index (χ1) is 6.92.